The van der Waals surface area contributed by atoms with Gasteiger partial charge in [-0.1, -0.05) is 24.4 Å². The molecule has 0 atom stereocenters. The van der Waals surface area contributed by atoms with Gasteiger partial charge in [0.05, 0.1) is 5.69 Å². The van der Waals surface area contributed by atoms with Crippen LogP contribution in [-0.4, -0.2) is 15.0 Å². The first-order valence-corrected chi connectivity index (χ1v) is 5.98. The smallest absolute Gasteiger partial charge is 0.127 e. The van der Waals surface area contributed by atoms with E-state index in [1.54, 1.807) is 6.07 Å². The van der Waals surface area contributed by atoms with Crippen molar-refractivity contribution >= 4 is 23.0 Å². The number of nitrogens with zero attached hydrogens (tertiary/aromatic N) is 2. The van der Waals surface area contributed by atoms with E-state index in [1.165, 1.54) is 0 Å². The molecule has 5 heteroatoms. The summed E-state index contributed by atoms with van der Waals surface area (Å²) >= 11 is 4.89. The number of thiocarbonyl (C=S) groups is 1. The lowest BCUT2D eigenvalue weighted by Gasteiger charge is -2.07. The average molecular weight is 258 g/mol. The van der Waals surface area contributed by atoms with Gasteiger partial charge in [0.2, 0.25) is 0 Å². The zero-order valence-corrected chi connectivity index (χ0v) is 10.9. The van der Waals surface area contributed by atoms with Crippen molar-refractivity contribution in [1.82, 2.24) is 9.97 Å². The molecule has 0 fully saturated rings. The van der Waals surface area contributed by atoms with E-state index in [-0.39, 0.29) is 0 Å². The number of nitrogens with two attached hydrogens (primary N) is 1. The van der Waals surface area contributed by atoms with E-state index in [4.69, 9.17) is 18.0 Å². The molecule has 2 heterocycles. The summed E-state index contributed by atoms with van der Waals surface area (Å²) in [6, 6.07) is 9.56. The Morgan fingerprint density at radius 3 is 2.83 bits per heavy atom. The van der Waals surface area contributed by atoms with Crippen molar-refractivity contribution in [2.24, 2.45) is 5.73 Å². The first-order chi connectivity index (χ1) is 8.65. The van der Waals surface area contributed by atoms with E-state index in [0.29, 0.717) is 17.2 Å². The summed E-state index contributed by atoms with van der Waals surface area (Å²) in [6.07, 6.45) is 1.85. The van der Waals surface area contributed by atoms with Crippen molar-refractivity contribution in [3.8, 4) is 0 Å². The van der Waals surface area contributed by atoms with Gasteiger partial charge in [-0.3, -0.25) is 4.98 Å². The monoisotopic (exact) mass is 258 g/mol. The molecule has 4 nitrogen and oxygen atoms in total. The van der Waals surface area contributed by atoms with Crippen molar-refractivity contribution in [2.45, 2.75) is 13.5 Å². The second-order valence-electron chi connectivity index (χ2n) is 3.93. The molecular formula is C13H14N4S. The van der Waals surface area contributed by atoms with Gasteiger partial charge in [-0.05, 0) is 30.7 Å². The Morgan fingerprint density at radius 1 is 1.33 bits per heavy atom. The van der Waals surface area contributed by atoms with Gasteiger partial charge >= 0.3 is 0 Å². The van der Waals surface area contributed by atoms with Gasteiger partial charge in [-0.15, -0.1) is 0 Å². The molecule has 0 aliphatic carbocycles. The molecule has 18 heavy (non-hydrogen) atoms. The summed E-state index contributed by atoms with van der Waals surface area (Å²) in [6.45, 7) is 2.63. The molecular weight excluding hydrogens is 244 g/mol. The minimum Gasteiger partial charge on any atom is -0.388 e. The molecule has 92 valence electrons. The molecule has 2 aromatic rings. The molecule has 0 aliphatic heterocycles. The summed E-state index contributed by atoms with van der Waals surface area (Å²) in [5, 5.41) is 3.21. The first-order valence-electron chi connectivity index (χ1n) is 5.57. The first kappa shape index (κ1) is 12.4. The van der Waals surface area contributed by atoms with Crippen LogP contribution in [0.25, 0.3) is 0 Å². The van der Waals surface area contributed by atoms with E-state index < -0.39 is 0 Å². The number of pyridine rings is 2. The Balaban J connectivity index is 2.04. The number of hydrogen-bond donors (Lipinski definition) is 2. The Kier molecular flexibility index (Phi) is 3.84. The van der Waals surface area contributed by atoms with Crippen LogP contribution in [0.2, 0.25) is 0 Å². The molecule has 0 radical (unpaired) electrons. The van der Waals surface area contributed by atoms with E-state index in [0.717, 1.165) is 17.1 Å². The predicted octanol–water partition coefficient (Wildman–Crippen LogP) is 2.03. The molecule has 0 saturated heterocycles. The second-order valence-corrected chi connectivity index (χ2v) is 4.37. The fraction of sp³-hybridized carbons (Fsp3) is 0.154. The number of nitrogens with one attached hydrogen (secondary N) is 1. The van der Waals surface area contributed by atoms with Gasteiger partial charge in [-0.25, -0.2) is 4.98 Å². The molecule has 0 saturated carbocycles. The predicted molar refractivity (Wildman–Crippen MR) is 76.4 cm³/mol. The van der Waals surface area contributed by atoms with Crippen LogP contribution < -0.4 is 11.1 Å². The Hall–Kier alpha value is -2.01. The quantitative estimate of drug-likeness (QED) is 0.822. The fourth-order valence-electron chi connectivity index (χ4n) is 1.47. The third-order valence-electron chi connectivity index (χ3n) is 2.45. The average Bonchev–Trinajstić information content (AvgIpc) is 2.38. The number of aromatic nitrogens is 2. The van der Waals surface area contributed by atoms with Gasteiger partial charge in [0.1, 0.15) is 10.8 Å². The zero-order valence-electron chi connectivity index (χ0n) is 10.1. The molecule has 0 bridgehead atoms. The van der Waals surface area contributed by atoms with Crippen LogP contribution in [0.15, 0.2) is 36.5 Å². The van der Waals surface area contributed by atoms with Crippen molar-refractivity contribution < 1.29 is 0 Å². The molecule has 0 aromatic carbocycles. The van der Waals surface area contributed by atoms with Crippen LogP contribution in [0, 0.1) is 6.92 Å². The highest BCUT2D eigenvalue weighted by molar-refractivity contribution is 7.80. The summed E-state index contributed by atoms with van der Waals surface area (Å²) in [4.78, 5) is 8.84. The molecule has 2 aromatic heterocycles. The number of aryl methyl sites for hydroxylation is 1. The lowest BCUT2D eigenvalue weighted by atomic mass is 10.2. The lowest BCUT2D eigenvalue weighted by molar-refractivity contribution is 1.07. The number of anilines is 1. The van der Waals surface area contributed by atoms with Gasteiger partial charge in [0.25, 0.3) is 0 Å². The zero-order chi connectivity index (χ0) is 13.0. The van der Waals surface area contributed by atoms with Crippen LogP contribution >= 0.6 is 12.2 Å². The third kappa shape index (κ3) is 3.24. The SMILES string of the molecule is Cc1ccc(CNc2cccc(C(N)=S)n2)cn1. The fourth-order valence-corrected chi connectivity index (χ4v) is 1.58. The highest BCUT2D eigenvalue weighted by Gasteiger charge is 2.00. The number of rotatable bonds is 4. The minimum atomic E-state index is 0.302. The highest BCUT2D eigenvalue weighted by atomic mass is 32.1. The van der Waals surface area contributed by atoms with Crippen molar-refractivity contribution in [2.75, 3.05) is 5.32 Å². The normalized spacial score (nSPS) is 10.1. The topological polar surface area (TPSA) is 63.8 Å². The highest BCUT2D eigenvalue weighted by Crippen LogP contribution is 2.07. The van der Waals surface area contributed by atoms with E-state index in [9.17, 15) is 0 Å². The molecule has 0 amide bonds. The summed E-state index contributed by atoms with van der Waals surface area (Å²) < 4.78 is 0. The summed E-state index contributed by atoms with van der Waals surface area (Å²) in [7, 11) is 0. The van der Waals surface area contributed by atoms with E-state index >= 15 is 0 Å². The van der Waals surface area contributed by atoms with Gasteiger partial charge in [0.15, 0.2) is 0 Å². The van der Waals surface area contributed by atoms with Crippen LogP contribution in [0.4, 0.5) is 5.82 Å². The molecule has 0 unspecified atom stereocenters. The maximum Gasteiger partial charge on any atom is 0.127 e. The van der Waals surface area contributed by atoms with Crippen LogP contribution in [0.1, 0.15) is 17.0 Å². The van der Waals surface area contributed by atoms with Gasteiger partial charge in [-0.2, -0.15) is 0 Å². The Bertz CT molecular complexity index is 551. The lowest BCUT2D eigenvalue weighted by Crippen LogP contribution is -2.12. The van der Waals surface area contributed by atoms with E-state index in [2.05, 4.69) is 15.3 Å². The minimum absolute atomic E-state index is 0.302. The van der Waals surface area contributed by atoms with Crippen LogP contribution in [0.5, 0.6) is 0 Å². The van der Waals surface area contributed by atoms with Crippen LogP contribution in [0.3, 0.4) is 0 Å². The van der Waals surface area contributed by atoms with Crippen molar-refractivity contribution in [3.05, 3.63) is 53.5 Å². The maximum atomic E-state index is 5.54. The standard InChI is InChI=1S/C13H14N4S/c1-9-5-6-10(7-15-9)8-16-12-4-2-3-11(17-12)13(14)18/h2-7H,8H2,1H3,(H2,14,18)(H,16,17). The van der Waals surface area contributed by atoms with E-state index in [1.807, 2.05) is 37.4 Å². The maximum absolute atomic E-state index is 5.54. The Labute approximate surface area is 111 Å². The van der Waals surface area contributed by atoms with Gasteiger partial charge < -0.3 is 11.1 Å². The molecule has 0 aliphatic rings. The molecule has 2 rings (SSSR count). The van der Waals surface area contributed by atoms with Crippen LogP contribution in [-0.2, 0) is 6.54 Å². The summed E-state index contributed by atoms with van der Waals surface area (Å²) in [5.74, 6) is 0.751. The van der Waals surface area contributed by atoms with Crippen molar-refractivity contribution in [1.29, 1.82) is 0 Å². The molecule has 3 N–H and O–H groups in total. The summed E-state index contributed by atoms with van der Waals surface area (Å²) in [5.41, 5.74) is 8.27. The largest absolute Gasteiger partial charge is 0.388 e. The Morgan fingerprint density at radius 2 is 2.17 bits per heavy atom. The third-order valence-corrected chi connectivity index (χ3v) is 2.66. The number of hydrogen-bond acceptors (Lipinski definition) is 4. The second kappa shape index (κ2) is 5.55. The molecule has 0 spiro atoms. The van der Waals surface area contributed by atoms with Gasteiger partial charge in [0, 0.05) is 18.4 Å². The van der Waals surface area contributed by atoms with Crippen molar-refractivity contribution in [3.63, 3.8) is 0 Å².